The number of aryl methyl sites for hydroxylation is 1. The molecule has 4 rings (SSSR count). The van der Waals surface area contributed by atoms with Gasteiger partial charge in [0.15, 0.2) is 6.61 Å². The Morgan fingerprint density at radius 3 is 2.50 bits per heavy atom. The van der Waals surface area contributed by atoms with Crippen LogP contribution in [-0.4, -0.2) is 52.0 Å². The van der Waals surface area contributed by atoms with E-state index in [9.17, 15) is 27.9 Å². The molecule has 0 saturated heterocycles. The highest BCUT2D eigenvalue weighted by molar-refractivity contribution is 5.88. The molecule has 1 unspecified atom stereocenters. The van der Waals surface area contributed by atoms with Crippen molar-refractivity contribution in [1.82, 2.24) is 9.88 Å². The molecule has 8 nitrogen and oxygen atoms in total. The predicted molar refractivity (Wildman–Crippen MR) is 142 cm³/mol. The monoisotopic (exact) mass is 557 g/mol. The first-order valence-corrected chi connectivity index (χ1v) is 12.6. The van der Waals surface area contributed by atoms with Crippen molar-refractivity contribution in [2.45, 2.75) is 52.1 Å². The number of aromatic carboxylic acids is 1. The van der Waals surface area contributed by atoms with Gasteiger partial charge in [-0.1, -0.05) is 18.2 Å². The summed E-state index contributed by atoms with van der Waals surface area (Å²) in [7, 11) is 0. The van der Waals surface area contributed by atoms with Crippen LogP contribution >= 0.6 is 0 Å². The third kappa shape index (κ3) is 7.02. The van der Waals surface area contributed by atoms with Gasteiger partial charge in [-0.05, 0) is 85.8 Å². The summed E-state index contributed by atoms with van der Waals surface area (Å²) in [5, 5.41) is 12.4. The number of rotatable bonds is 7. The van der Waals surface area contributed by atoms with E-state index in [-0.39, 0.29) is 24.4 Å². The molecule has 1 aliphatic rings. The lowest BCUT2D eigenvalue weighted by atomic mass is 9.95. The van der Waals surface area contributed by atoms with Gasteiger partial charge in [0.2, 0.25) is 0 Å². The Morgan fingerprint density at radius 1 is 1.10 bits per heavy atom. The van der Waals surface area contributed by atoms with Gasteiger partial charge in [-0.25, -0.2) is 14.6 Å². The summed E-state index contributed by atoms with van der Waals surface area (Å²) >= 11 is 0. The number of benzene rings is 2. The minimum absolute atomic E-state index is 0.0863. The maximum Gasteiger partial charge on any atom is 0.422 e. The number of carbonyl (C=O) groups is 2. The largest absolute Gasteiger partial charge is 0.484 e. The second kappa shape index (κ2) is 11.1. The van der Waals surface area contributed by atoms with E-state index < -0.39 is 36.5 Å². The molecule has 212 valence electrons. The number of halogens is 3. The van der Waals surface area contributed by atoms with Crippen LogP contribution < -0.4 is 10.1 Å². The molecule has 1 amide bonds. The highest BCUT2D eigenvalue weighted by atomic mass is 19.4. The van der Waals surface area contributed by atoms with Gasteiger partial charge in [-0.15, -0.1) is 0 Å². The smallest absolute Gasteiger partial charge is 0.422 e. The number of alkyl halides is 3. The molecular weight excluding hydrogens is 527 g/mol. The molecule has 2 aromatic carbocycles. The number of amides is 1. The fourth-order valence-corrected chi connectivity index (χ4v) is 4.51. The molecule has 2 heterocycles. The number of hydrogen-bond donors (Lipinski definition) is 2. The average molecular weight is 558 g/mol. The van der Waals surface area contributed by atoms with E-state index >= 15 is 0 Å². The molecule has 1 aromatic heterocycles. The first-order chi connectivity index (χ1) is 18.7. The maximum atomic E-state index is 13.2. The highest BCUT2D eigenvalue weighted by Crippen LogP contribution is 2.38. The van der Waals surface area contributed by atoms with Crippen LogP contribution in [0.4, 0.5) is 23.8 Å². The minimum Gasteiger partial charge on any atom is -0.484 e. The van der Waals surface area contributed by atoms with Crippen molar-refractivity contribution in [2.24, 2.45) is 0 Å². The number of carbonyl (C=O) groups excluding carboxylic acids is 1. The summed E-state index contributed by atoms with van der Waals surface area (Å²) in [6, 6.07) is 12.9. The molecular formula is C29H30F3N3O5. The van der Waals surface area contributed by atoms with Crippen LogP contribution in [0.15, 0.2) is 54.7 Å². The molecule has 0 saturated carbocycles. The SMILES string of the molecule is Cc1cc(OCC(F)(F)F)ccc1-c1ccc2c(c1)CN(C(=O)OC(C)(C)C)C2CNc1cc(C(=O)O)ccn1. The molecule has 3 aromatic rings. The second-order valence-electron chi connectivity index (χ2n) is 10.5. The van der Waals surface area contributed by atoms with E-state index in [0.29, 0.717) is 5.82 Å². The van der Waals surface area contributed by atoms with Crippen LogP contribution in [-0.2, 0) is 11.3 Å². The summed E-state index contributed by atoms with van der Waals surface area (Å²) in [5.41, 5.74) is 3.56. The third-order valence-electron chi connectivity index (χ3n) is 6.24. The lowest BCUT2D eigenvalue weighted by Gasteiger charge is -2.29. The van der Waals surface area contributed by atoms with Gasteiger partial charge in [0.25, 0.3) is 0 Å². The van der Waals surface area contributed by atoms with Gasteiger partial charge in [-0.3, -0.25) is 4.90 Å². The summed E-state index contributed by atoms with van der Waals surface area (Å²) in [5.74, 6) is -0.588. The normalized spacial score (nSPS) is 15.0. The van der Waals surface area contributed by atoms with Crippen LogP contribution in [0.2, 0.25) is 0 Å². The zero-order valence-electron chi connectivity index (χ0n) is 22.5. The summed E-state index contributed by atoms with van der Waals surface area (Å²) in [6.07, 6.45) is -3.52. The summed E-state index contributed by atoms with van der Waals surface area (Å²) < 4.78 is 48.1. The summed E-state index contributed by atoms with van der Waals surface area (Å²) in [4.78, 5) is 30.3. The zero-order valence-corrected chi connectivity index (χ0v) is 22.5. The number of fused-ring (bicyclic) bond motifs is 1. The average Bonchev–Trinajstić information content (AvgIpc) is 3.23. The standard InChI is InChI=1S/C29H30F3N3O5/c1-17-11-21(39-16-29(30,31)32)6-8-22(17)18-5-7-23-20(12-18)15-35(27(38)40-28(2,3)4)24(23)14-34-25-13-19(26(36)37)9-10-33-25/h5-13,24H,14-16H2,1-4H3,(H,33,34)(H,36,37). The molecule has 0 fully saturated rings. The lowest BCUT2D eigenvalue weighted by molar-refractivity contribution is -0.153. The quantitative estimate of drug-likeness (QED) is 0.338. The van der Waals surface area contributed by atoms with Gasteiger partial charge < -0.3 is 19.9 Å². The van der Waals surface area contributed by atoms with Crippen molar-refractivity contribution in [2.75, 3.05) is 18.5 Å². The number of carboxylic acid groups (broad SMARTS) is 1. The van der Waals surface area contributed by atoms with Crippen LogP contribution in [0.25, 0.3) is 11.1 Å². The van der Waals surface area contributed by atoms with Crippen molar-refractivity contribution in [3.8, 4) is 16.9 Å². The Morgan fingerprint density at radius 2 is 1.85 bits per heavy atom. The van der Waals surface area contributed by atoms with Crippen molar-refractivity contribution in [3.05, 3.63) is 77.0 Å². The number of nitrogens with zero attached hydrogens (tertiary/aromatic N) is 2. The third-order valence-corrected chi connectivity index (χ3v) is 6.24. The van der Waals surface area contributed by atoms with E-state index in [4.69, 9.17) is 9.47 Å². The van der Waals surface area contributed by atoms with Crippen LogP contribution in [0.3, 0.4) is 0 Å². The van der Waals surface area contributed by atoms with Gasteiger partial charge in [0.05, 0.1) is 18.2 Å². The molecule has 0 spiro atoms. The van der Waals surface area contributed by atoms with E-state index in [1.54, 1.807) is 44.7 Å². The number of aromatic nitrogens is 1. The van der Waals surface area contributed by atoms with Crippen LogP contribution in [0, 0.1) is 6.92 Å². The number of carboxylic acids is 1. The Kier molecular flexibility index (Phi) is 7.95. The number of hydrogen-bond acceptors (Lipinski definition) is 6. The Bertz CT molecular complexity index is 1420. The van der Waals surface area contributed by atoms with Gasteiger partial charge in [-0.2, -0.15) is 13.2 Å². The number of nitrogens with one attached hydrogen (secondary N) is 1. The zero-order chi connectivity index (χ0) is 29.2. The fourth-order valence-electron chi connectivity index (χ4n) is 4.51. The van der Waals surface area contributed by atoms with Crippen molar-refractivity contribution < 1.29 is 37.3 Å². The minimum atomic E-state index is -4.42. The Balaban J connectivity index is 1.60. The molecule has 0 bridgehead atoms. The molecule has 40 heavy (non-hydrogen) atoms. The van der Waals surface area contributed by atoms with Gasteiger partial charge in [0.1, 0.15) is 17.2 Å². The molecule has 1 aliphatic heterocycles. The molecule has 0 radical (unpaired) electrons. The van der Waals surface area contributed by atoms with E-state index in [0.717, 1.165) is 27.8 Å². The molecule has 2 N–H and O–H groups in total. The molecule has 1 atom stereocenters. The molecule has 0 aliphatic carbocycles. The number of pyridine rings is 1. The van der Waals surface area contributed by atoms with Gasteiger partial charge in [0, 0.05) is 12.7 Å². The summed E-state index contributed by atoms with van der Waals surface area (Å²) in [6.45, 7) is 6.31. The highest BCUT2D eigenvalue weighted by Gasteiger charge is 2.36. The lowest BCUT2D eigenvalue weighted by Crippen LogP contribution is -2.37. The predicted octanol–water partition coefficient (Wildman–Crippen LogP) is 6.60. The van der Waals surface area contributed by atoms with Gasteiger partial charge >= 0.3 is 18.2 Å². The van der Waals surface area contributed by atoms with Crippen molar-refractivity contribution in [3.63, 3.8) is 0 Å². The number of anilines is 1. The van der Waals surface area contributed by atoms with E-state index in [1.165, 1.54) is 24.4 Å². The van der Waals surface area contributed by atoms with E-state index in [1.807, 2.05) is 18.2 Å². The number of ether oxygens (including phenoxy) is 2. The first kappa shape index (κ1) is 28.7. The van der Waals surface area contributed by atoms with Crippen LogP contribution in [0.5, 0.6) is 5.75 Å². The Labute approximate surface area is 229 Å². The molecule has 11 heteroatoms. The van der Waals surface area contributed by atoms with Crippen molar-refractivity contribution >= 4 is 17.9 Å². The maximum absolute atomic E-state index is 13.2. The van der Waals surface area contributed by atoms with Crippen LogP contribution in [0.1, 0.15) is 53.9 Å². The first-order valence-electron chi connectivity index (χ1n) is 12.6. The second-order valence-corrected chi connectivity index (χ2v) is 10.5. The van der Waals surface area contributed by atoms with E-state index in [2.05, 4.69) is 10.3 Å². The Hall–Kier alpha value is -4.28. The topological polar surface area (TPSA) is 101 Å². The fraction of sp³-hybridized carbons (Fsp3) is 0.345. The van der Waals surface area contributed by atoms with Crippen molar-refractivity contribution in [1.29, 1.82) is 0 Å².